The van der Waals surface area contributed by atoms with Gasteiger partial charge in [-0.05, 0) is 19.1 Å². The summed E-state index contributed by atoms with van der Waals surface area (Å²) in [4.78, 5) is 0. The van der Waals surface area contributed by atoms with Crippen LogP contribution in [0, 0.1) is 6.92 Å². The molecular weight excluding hydrogens is 346 g/mol. The maximum atomic E-state index is 5.86. The van der Waals surface area contributed by atoms with Crippen LogP contribution in [0.25, 0.3) is 28.2 Å². The highest BCUT2D eigenvalue weighted by molar-refractivity contribution is 5.85. The summed E-state index contributed by atoms with van der Waals surface area (Å²) >= 11 is 0. The van der Waals surface area contributed by atoms with Crippen molar-refractivity contribution in [3.8, 4) is 39.7 Å². The molecule has 0 amide bonds. The molecule has 4 rings (SSSR count). The monoisotopic (exact) mass is 369 g/mol. The summed E-state index contributed by atoms with van der Waals surface area (Å²) in [5.74, 6) is 1.46. The molecule has 3 nitrogen and oxygen atoms in total. The van der Waals surface area contributed by atoms with Crippen molar-refractivity contribution in [3.05, 3.63) is 90.5 Å². The zero-order valence-corrected chi connectivity index (χ0v) is 16.3. The fourth-order valence-corrected chi connectivity index (χ4v) is 3.57. The largest absolute Gasteiger partial charge is 0.491 e. The van der Waals surface area contributed by atoms with E-state index < -0.39 is 0 Å². The second-order valence-corrected chi connectivity index (χ2v) is 6.67. The summed E-state index contributed by atoms with van der Waals surface area (Å²) in [6.45, 7) is 2.09. The average Bonchev–Trinajstić information content (AvgIpc) is 3.09. The number of ether oxygens (including phenoxy) is 2. The van der Waals surface area contributed by atoms with Crippen LogP contribution in [0.3, 0.4) is 0 Å². The minimum absolute atomic E-state index is 0.730. The molecule has 0 fully saturated rings. The standard InChI is InChI=1S/C25H23NO2/c1-18-14-16-21(17-15-18)26-22(19-10-6-4-7-11-19)24(27-2)25(28-3)23(26)20-12-8-5-9-13-20/h4-17H,1-3H3. The van der Waals surface area contributed by atoms with Crippen molar-refractivity contribution in [1.29, 1.82) is 0 Å². The molecule has 0 atom stereocenters. The Labute approximate surface area is 165 Å². The summed E-state index contributed by atoms with van der Waals surface area (Å²) in [7, 11) is 3.39. The summed E-state index contributed by atoms with van der Waals surface area (Å²) in [6.07, 6.45) is 0. The van der Waals surface area contributed by atoms with Gasteiger partial charge in [0.2, 0.25) is 0 Å². The molecule has 1 aromatic heterocycles. The first-order chi connectivity index (χ1) is 13.7. The minimum atomic E-state index is 0.730. The molecule has 3 heteroatoms. The van der Waals surface area contributed by atoms with Gasteiger partial charge in [0.1, 0.15) is 0 Å². The van der Waals surface area contributed by atoms with Crippen molar-refractivity contribution >= 4 is 0 Å². The number of benzene rings is 3. The maximum absolute atomic E-state index is 5.86. The van der Waals surface area contributed by atoms with Crippen molar-refractivity contribution in [1.82, 2.24) is 4.57 Å². The van der Waals surface area contributed by atoms with Gasteiger partial charge in [0.25, 0.3) is 0 Å². The Morgan fingerprint density at radius 3 is 1.39 bits per heavy atom. The number of hydrogen-bond donors (Lipinski definition) is 0. The molecule has 0 bridgehead atoms. The zero-order valence-electron chi connectivity index (χ0n) is 16.3. The molecule has 1 heterocycles. The van der Waals surface area contributed by atoms with Gasteiger partial charge in [-0.1, -0.05) is 78.4 Å². The molecule has 0 spiro atoms. The molecule has 0 saturated heterocycles. The van der Waals surface area contributed by atoms with E-state index in [0.717, 1.165) is 39.7 Å². The molecule has 0 radical (unpaired) electrons. The van der Waals surface area contributed by atoms with Crippen LogP contribution in [0.5, 0.6) is 11.5 Å². The van der Waals surface area contributed by atoms with Crippen LogP contribution >= 0.6 is 0 Å². The van der Waals surface area contributed by atoms with Crippen molar-refractivity contribution in [2.24, 2.45) is 0 Å². The summed E-state index contributed by atoms with van der Waals surface area (Å²) in [5, 5.41) is 0. The van der Waals surface area contributed by atoms with E-state index in [9.17, 15) is 0 Å². The van der Waals surface area contributed by atoms with Gasteiger partial charge in [-0.25, -0.2) is 0 Å². The smallest absolute Gasteiger partial charge is 0.187 e. The first kappa shape index (κ1) is 17.9. The Balaban J connectivity index is 2.13. The van der Waals surface area contributed by atoms with E-state index >= 15 is 0 Å². The molecule has 140 valence electrons. The number of aromatic nitrogens is 1. The number of methoxy groups -OCH3 is 2. The Hall–Kier alpha value is -3.46. The minimum Gasteiger partial charge on any atom is -0.491 e. The molecule has 0 saturated carbocycles. The van der Waals surface area contributed by atoms with E-state index in [4.69, 9.17) is 9.47 Å². The van der Waals surface area contributed by atoms with Crippen LogP contribution in [0.1, 0.15) is 5.56 Å². The van der Waals surface area contributed by atoms with Crippen molar-refractivity contribution in [2.75, 3.05) is 14.2 Å². The number of nitrogens with zero attached hydrogens (tertiary/aromatic N) is 1. The third kappa shape index (κ3) is 3.05. The Bertz CT molecular complexity index is 1000. The van der Waals surface area contributed by atoms with Crippen molar-refractivity contribution < 1.29 is 9.47 Å². The van der Waals surface area contributed by atoms with Crippen LogP contribution in [0.4, 0.5) is 0 Å². The molecule has 0 unspecified atom stereocenters. The van der Waals surface area contributed by atoms with Crippen LogP contribution in [0.2, 0.25) is 0 Å². The number of aryl methyl sites for hydroxylation is 1. The summed E-state index contributed by atoms with van der Waals surface area (Å²) in [6, 6.07) is 29.1. The van der Waals surface area contributed by atoms with Crippen LogP contribution in [-0.4, -0.2) is 18.8 Å². The molecule has 4 aromatic rings. The van der Waals surface area contributed by atoms with Gasteiger partial charge in [0, 0.05) is 16.8 Å². The van der Waals surface area contributed by atoms with Gasteiger partial charge >= 0.3 is 0 Å². The molecule has 0 N–H and O–H groups in total. The van der Waals surface area contributed by atoms with E-state index in [2.05, 4.69) is 60.0 Å². The highest BCUT2D eigenvalue weighted by atomic mass is 16.5. The second-order valence-electron chi connectivity index (χ2n) is 6.67. The normalized spacial score (nSPS) is 10.7. The predicted octanol–water partition coefficient (Wildman–Crippen LogP) is 6.14. The number of hydrogen-bond acceptors (Lipinski definition) is 2. The topological polar surface area (TPSA) is 23.4 Å². The number of rotatable bonds is 5. The van der Waals surface area contributed by atoms with E-state index in [0.29, 0.717) is 0 Å². The first-order valence-corrected chi connectivity index (χ1v) is 9.29. The van der Waals surface area contributed by atoms with Gasteiger partial charge in [-0.2, -0.15) is 0 Å². The van der Waals surface area contributed by atoms with Gasteiger partial charge < -0.3 is 14.0 Å². The Morgan fingerprint density at radius 2 is 1.00 bits per heavy atom. The fraction of sp³-hybridized carbons (Fsp3) is 0.120. The molecule has 3 aromatic carbocycles. The second kappa shape index (κ2) is 7.65. The fourth-order valence-electron chi connectivity index (χ4n) is 3.57. The first-order valence-electron chi connectivity index (χ1n) is 9.29. The predicted molar refractivity (Wildman–Crippen MR) is 114 cm³/mol. The van der Waals surface area contributed by atoms with Crippen LogP contribution in [-0.2, 0) is 0 Å². The quantitative estimate of drug-likeness (QED) is 0.422. The van der Waals surface area contributed by atoms with E-state index in [1.807, 2.05) is 36.4 Å². The molecule has 0 aliphatic heterocycles. The lowest BCUT2D eigenvalue weighted by Gasteiger charge is -2.15. The highest BCUT2D eigenvalue weighted by Crippen LogP contribution is 2.49. The van der Waals surface area contributed by atoms with Gasteiger partial charge in [0.05, 0.1) is 25.6 Å². The van der Waals surface area contributed by atoms with Gasteiger partial charge in [-0.15, -0.1) is 0 Å². The molecule has 0 aliphatic rings. The highest BCUT2D eigenvalue weighted by Gasteiger charge is 2.27. The molecular formula is C25H23NO2. The third-order valence-corrected chi connectivity index (χ3v) is 4.88. The zero-order chi connectivity index (χ0) is 19.5. The van der Waals surface area contributed by atoms with Gasteiger partial charge in [-0.3, -0.25) is 0 Å². The molecule has 28 heavy (non-hydrogen) atoms. The van der Waals surface area contributed by atoms with E-state index in [1.54, 1.807) is 14.2 Å². The SMILES string of the molecule is COc1c(OC)c(-c2ccccc2)n(-c2ccc(C)cc2)c1-c1ccccc1. The van der Waals surface area contributed by atoms with E-state index in [1.165, 1.54) is 5.56 Å². The lowest BCUT2D eigenvalue weighted by Crippen LogP contribution is -2.00. The Morgan fingerprint density at radius 1 is 0.571 bits per heavy atom. The van der Waals surface area contributed by atoms with Crippen molar-refractivity contribution in [3.63, 3.8) is 0 Å². The lowest BCUT2D eigenvalue weighted by molar-refractivity contribution is 0.360. The van der Waals surface area contributed by atoms with Crippen molar-refractivity contribution in [2.45, 2.75) is 6.92 Å². The summed E-state index contributed by atoms with van der Waals surface area (Å²) in [5.41, 5.74) is 6.37. The lowest BCUT2D eigenvalue weighted by atomic mass is 10.1. The third-order valence-electron chi connectivity index (χ3n) is 4.88. The van der Waals surface area contributed by atoms with Gasteiger partial charge in [0.15, 0.2) is 11.5 Å². The van der Waals surface area contributed by atoms with E-state index in [-0.39, 0.29) is 0 Å². The Kier molecular flexibility index (Phi) is 4.90. The van der Waals surface area contributed by atoms with Crippen LogP contribution in [0.15, 0.2) is 84.9 Å². The van der Waals surface area contributed by atoms with Crippen LogP contribution < -0.4 is 9.47 Å². The maximum Gasteiger partial charge on any atom is 0.187 e. The molecule has 0 aliphatic carbocycles. The summed E-state index contributed by atoms with van der Waals surface area (Å²) < 4.78 is 14.0. The average molecular weight is 369 g/mol.